The molecule has 0 heterocycles. The van der Waals surface area contributed by atoms with Crippen molar-refractivity contribution in [2.24, 2.45) is 10.7 Å². The number of rotatable bonds is 4. The number of benzene rings is 1. The summed E-state index contributed by atoms with van der Waals surface area (Å²) in [7, 11) is 0. The molecule has 0 aliphatic heterocycles. The maximum Gasteiger partial charge on any atom is 0.331 e. The summed E-state index contributed by atoms with van der Waals surface area (Å²) in [6.45, 7) is -0.827. The van der Waals surface area contributed by atoms with Crippen LogP contribution in [0.5, 0.6) is 11.5 Å². The SMILES string of the molecule is CC1=CC(c2c(O)cc(C(C=NC(F)F)=CN)cc2O)CCC1. The molecule has 124 valence electrons. The number of phenolic OH excluding ortho intramolecular Hbond substituents is 2. The predicted octanol–water partition coefficient (Wildman–Crippen LogP) is 3.90. The molecule has 0 radical (unpaired) electrons. The molecule has 1 aromatic rings. The highest BCUT2D eigenvalue weighted by atomic mass is 19.3. The van der Waals surface area contributed by atoms with Crippen molar-refractivity contribution in [2.45, 2.75) is 38.7 Å². The number of nitrogens with zero attached hydrogens (tertiary/aromatic N) is 1. The van der Waals surface area contributed by atoms with Crippen LogP contribution in [0.2, 0.25) is 0 Å². The van der Waals surface area contributed by atoms with Crippen molar-refractivity contribution in [1.82, 2.24) is 0 Å². The predicted molar refractivity (Wildman–Crippen MR) is 86.8 cm³/mol. The molecule has 0 fully saturated rings. The van der Waals surface area contributed by atoms with Crippen LogP contribution >= 0.6 is 0 Å². The zero-order chi connectivity index (χ0) is 17.0. The van der Waals surface area contributed by atoms with Crippen molar-refractivity contribution in [3.8, 4) is 11.5 Å². The Kier molecular flexibility index (Phi) is 5.36. The van der Waals surface area contributed by atoms with Gasteiger partial charge in [-0.15, -0.1) is 0 Å². The Labute approximate surface area is 133 Å². The molecule has 6 heteroatoms. The van der Waals surface area contributed by atoms with Crippen LogP contribution in [0.15, 0.2) is 35.0 Å². The van der Waals surface area contributed by atoms with Gasteiger partial charge in [0.15, 0.2) is 0 Å². The van der Waals surface area contributed by atoms with Gasteiger partial charge < -0.3 is 15.9 Å². The maximum atomic E-state index is 12.2. The van der Waals surface area contributed by atoms with Crippen LogP contribution in [0.25, 0.3) is 5.57 Å². The topological polar surface area (TPSA) is 78.8 Å². The number of hydrogen-bond acceptors (Lipinski definition) is 4. The van der Waals surface area contributed by atoms with Gasteiger partial charge in [0, 0.05) is 29.5 Å². The molecular weight excluding hydrogens is 302 g/mol. The molecule has 0 saturated carbocycles. The molecule has 1 atom stereocenters. The maximum absolute atomic E-state index is 12.2. The third-order valence-electron chi connectivity index (χ3n) is 3.92. The van der Waals surface area contributed by atoms with E-state index in [4.69, 9.17) is 5.73 Å². The Hall–Kier alpha value is -2.37. The first kappa shape index (κ1) is 17.0. The number of allylic oxidation sites excluding steroid dienone is 3. The Morgan fingerprint density at radius 3 is 2.52 bits per heavy atom. The fourth-order valence-corrected chi connectivity index (χ4v) is 2.86. The molecular formula is C17H20F2N2O2. The molecule has 0 saturated heterocycles. The molecule has 2 rings (SSSR count). The third kappa shape index (κ3) is 4.09. The number of phenols is 2. The number of hydrogen-bond donors (Lipinski definition) is 3. The van der Waals surface area contributed by atoms with Gasteiger partial charge in [-0.3, -0.25) is 0 Å². The zero-order valence-corrected chi connectivity index (χ0v) is 12.8. The van der Waals surface area contributed by atoms with Gasteiger partial charge in [0.25, 0.3) is 0 Å². The monoisotopic (exact) mass is 322 g/mol. The van der Waals surface area contributed by atoms with Crippen LogP contribution in [0.3, 0.4) is 0 Å². The average Bonchev–Trinajstić information content (AvgIpc) is 2.47. The van der Waals surface area contributed by atoms with Crippen molar-refractivity contribution >= 4 is 11.8 Å². The number of aromatic hydroxyl groups is 2. The van der Waals surface area contributed by atoms with Gasteiger partial charge in [0.2, 0.25) is 0 Å². The second-order valence-electron chi connectivity index (χ2n) is 5.62. The van der Waals surface area contributed by atoms with Gasteiger partial charge in [0.05, 0.1) is 0 Å². The highest BCUT2D eigenvalue weighted by molar-refractivity contribution is 6.09. The second kappa shape index (κ2) is 7.26. The van der Waals surface area contributed by atoms with Gasteiger partial charge in [-0.25, -0.2) is 4.99 Å². The molecule has 0 amide bonds. The number of nitrogens with two attached hydrogens (primary N) is 1. The van der Waals surface area contributed by atoms with Crippen LogP contribution in [0, 0.1) is 0 Å². The van der Waals surface area contributed by atoms with Gasteiger partial charge in [-0.2, -0.15) is 8.78 Å². The van der Waals surface area contributed by atoms with Crippen LogP contribution < -0.4 is 5.73 Å². The highest BCUT2D eigenvalue weighted by Crippen LogP contribution is 2.42. The van der Waals surface area contributed by atoms with Crippen molar-refractivity contribution in [1.29, 1.82) is 0 Å². The minimum atomic E-state index is -2.85. The van der Waals surface area contributed by atoms with Gasteiger partial charge in [-0.05, 0) is 43.9 Å². The van der Waals surface area contributed by atoms with E-state index in [2.05, 4.69) is 4.99 Å². The molecule has 23 heavy (non-hydrogen) atoms. The standard InChI is InChI=1S/C17H20F2N2O2/c1-10-3-2-4-11(5-10)16-14(22)6-12(7-15(16)23)13(8-20)9-21-17(18)19/h5-9,11,17,22-23H,2-4,20H2,1H3. The fourth-order valence-electron chi connectivity index (χ4n) is 2.86. The fraction of sp³-hybridized carbons (Fsp3) is 0.353. The van der Waals surface area contributed by atoms with E-state index in [0.29, 0.717) is 11.1 Å². The van der Waals surface area contributed by atoms with E-state index >= 15 is 0 Å². The minimum Gasteiger partial charge on any atom is -0.507 e. The Balaban J connectivity index is 2.39. The molecule has 1 unspecified atom stereocenters. The number of alkyl halides is 2. The first-order valence-electron chi connectivity index (χ1n) is 7.39. The summed E-state index contributed by atoms with van der Waals surface area (Å²) < 4.78 is 24.4. The van der Waals surface area contributed by atoms with Crippen molar-refractivity contribution < 1.29 is 19.0 Å². The lowest BCUT2D eigenvalue weighted by molar-refractivity contribution is 0.161. The Bertz CT molecular complexity index is 644. The van der Waals surface area contributed by atoms with E-state index in [9.17, 15) is 19.0 Å². The van der Waals surface area contributed by atoms with E-state index in [1.807, 2.05) is 13.0 Å². The average molecular weight is 322 g/mol. The summed E-state index contributed by atoms with van der Waals surface area (Å²) >= 11 is 0. The quantitative estimate of drug-likeness (QED) is 0.447. The number of halogens is 2. The summed E-state index contributed by atoms with van der Waals surface area (Å²) in [5.74, 6) is -0.223. The van der Waals surface area contributed by atoms with Crippen LogP contribution in [-0.4, -0.2) is 23.0 Å². The van der Waals surface area contributed by atoms with E-state index in [0.717, 1.165) is 31.7 Å². The molecule has 1 aliphatic carbocycles. The van der Waals surface area contributed by atoms with E-state index in [1.54, 1.807) is 0 Å². The summed E-state index contributed by atoms with van der Waals surface area (Å²) in [5.41, 5.74) is 7.61. The first-order valence-corrected chi connectivity index (χ1v) is 7.39. The molecule has 4 nitrogen and oxygen atoms in total. The molecule has 4 N–H and O–H groups in total. The van der Waals surface area contributed by atoms with Gasteiger partial charge in [-0.1, -0.05) is 11.6 Å². The largest absolute Gasteiger partial charge is 0.507 e. The van der Waals surface area contributed by atoms with Crippen molar-refractivity contribution in [3.05, 3.63) is 41.1 Å². The Morgan fingerprint density at radius 2 is 2.00 bits per heavy atom. The van der Waals surface area contributed by atoms with Crippen LogP contribution in [0.1, 0.15) is 43.2 Å². The number of aliphatic imine (C=N–C) groups is 1. The smallest absolute Gasteiger partial charge is 0.331 e. The molecule has 0 spiro atoms. The molecule has 0 bridgehead atoms. The second-order valence-corrected chi connectivity index (χ2v) is 5.62. The normalized spacial score (nSPS) is 19.4. The lowest BCUT2D eigenvalue weighted by Gasteiger charge is -2.22. The molecule has 1 aromatic carbocycles. The van der Waals surface area contributed by atoms with Crippen molar-refractivity contribution in [2.75, 3.05) is 0 Å². The summed E-state index contributed by atoms with van der Waals surface area (Å²) in [4.78, 5) is 2.97. The van der Waals surface area contributed by atoms with E-state index in [-0.39, 0.29) is 23.0 Å². The lowest BCUT2D eigenvalue weighted by Crippen LogP contribution is -2.04. The summed E-state index contributed by atoms with van der Waals surface area (Å²) in [6, 6.07) is 2.81. The first-order chi connectivity index (χ1) is 10.9. The van der Waals surface area contributed by atoms with Crippen molar-refractivity contribution in [3.63, 3.8) is 0 Å². The Morgan fingerprint density at radius 1 is 1.35 bits per heavy atom. The van der Waals surface area contributed by atoms with E-state index in [1.165, 1.54) is 17.7 Å². The third-order valence-corrected chi connectivity index (χ3v) is 3.92. The van der Waals surface area contributed by atoms with Gasteiger partial charge >= 0.3 is 6.55 Å². The van der Waals surface area contributed by atoms with Gasteiger partial charge in [0.1, 0.15) is 11.5 Å². The van der Waals surface area contributed by atoms with Crippen LogP contribution in [-0.2, 0) is 0 Å². The van der Waals surface area contributed by atoms with E-state index < -0.39 is 6.55 Å². The highest BCUT2D eigenvalue weighted by Gasteiger charge is 2.21. The summed E-state index contributed by atoms with van der Waals surface area (Å²) in [6.07, 6.45) is 6.90. The zero-order valence-electron chi connectivity index (χ0n) is 12.8. The summed E-state index contributed by atoms with van der Waals surface area (Å²) in [5, 5.41) is 20.6. The lowest BCUT2D eigenvalue weighted by atomic mass is 9.84. The molecule has 0 aromatic heterocycles. The van der Waals surface area contributed by atoms with Crippen LogP contribution in [0.4, 0.5) is 8.78 Å². The molecule has 1 aliphatic rings. The minimum absolute atomic E-state index is 0.0576.